The number of nitrogens with one attached hydrogen (secondary N) is 1. The van der Waals surface area contributed by atoms with Crippen molar-refractivity contribution in [2.75, 3.05) is 11.9 Å². The summed E-state index contributed by atoms with van der Waals surface area (Å²) in [6.07, 6.45) is 0.233. The molecule has 1 aliphatic heterocycles. The zero-order chi connectivity index (χ0) is 22.7. The molecule has 3 aromatic rings. The van der Waals surface area contributed by atoms with Crippen LogP contribution in [0.4, 0.5) is 5.69 Å². The van der Waals surface area contributed by atoms with Gasteiger partial charge in [0.15, 0.2) is 0 Å². The van der Waals surface area contributed by atoms with E-state index in [4.69, 9.17) is 4.74 Å². The number of hydrogen-bond donors (Lipinski definition) is 1. The molecule has 0 aromatic heterocycles. The van der Waals surface area contributed by atoms with Gasteiger partial charge in [0.1, 0.15) is 11.5 Å². The van der Waals surface area contributed by atoms with E-state index in [1.165, 1.54) is 11.1 Å². The van der Waals surface area contributed by atoms with Crippen LogP contribution in [0.15, 0.2) is 72.8 Å². The Morgan fingerprint density at radius 3 is 2.34 bits per heavy atom. The van der Waals surface area contributed by atoms with Gasteiger partial charge in [-0.3, -0.25) is 9.59 Å². The third-order valence-electron chi connectivity index (χ3n) is 6.11. The normalized spacial score (nSPS) is 16.7. The molecule has 32 heavy (non-hydrogen) atoms. The minimum atomic E-state index is -0.361. The third kappa shape index (κ3) is 4.83. The summed E-state index contributed by atoms with van der Waals surface area (Å²) in [4.78, 5) is 27.1. The minimum absolute atomic E-state index is 0.0126. The molecular weight excluding hydrogens is 400 g/mol. The number of rotatable bonds is 6. The summed E-state index contributed by atoms with van der Waals surface area (Å²) in [5, 5.41) is 2.94. The maximum Gasteiger partial charge on any atom is 0.229 e. The molecule has 0 aliphatic carbocycles. The molecule has 1 aliphatic rings. The van der Waals surface area contributed by atoms with Crippen molar-refractivity contribution in [1.82, 2.24) is 4.90 Å². The monoisotopic (exact) mass is 428 g/mol. The molecule has 0 unspecified atom stereocenters. The predicted molar refractivity (Wildman–Crippen MR) is 126 cm³/mol. The number of carbonyl (C=O) groups excluding carboxylic acids is 2. The van der Waals surface area contributed by atoms with Gasteiger partial charge in [-0.1, -0.05) is 36.4 Å². The van der Waals surface area contributed by atoms with Gasteiger partial charge in [0, 0.05) is 18.7 Å². The molecular formula is C27H28N2O3. The van der Waals surface area contributed by atoms with Crippen LogP contribution in [0.1, 0.15) is 36.1 Å². The quantitative estimate of drug-likeness (QED) is 0.552. The Balaban J connectivity index is 1.35. The molecule has 0 saturated carbocycles. The second kappa shape index (κ2) is 9.27. The van der Waals surface area contributed by atoms with Crippen LogP contribution in [-0.4, -0.2) is 23.3 Å². The second-order valence-electron chi connectivity index (χ2n) is 8.40. The lowest BCUT2D eigenvalue weighted by Crippen LogP contribution is -2.30. The Morgan fingerprint density at radius 1 is 0.969 bits per heavy atom. The Hall–Kier alpha value is -3.60. The van der Waals surface area contributed by atoms with Gasteiger partial charge < -0.3 is 15.0 Å². The lowest BCUT2D eigenvalue weighted by Gasteiger charge is -2.25. The molecule has 1 N–H and O–H groups in total. The second-order valence-corrected chi connectivity index (χ2v) is 8.40. The number of hydrogen-bond acceptors (Lipinski definition) is 3. The van der Waals surface area contributed by atoms with Gasteiger partial charge in [-0.05, 0) is 73.9 Å². The summed E-state index contributed by atoms with van der Waals surface area (Å²) in [6, 6.07) is 23.1. The van der Waals surface area contributed by atoms with Crippen LogP contribution in [-0.2, 0) is 9.59 Å². The van der Waals surface area contributed by atoms with Gasteiger partial charge in [-0.15, -0.1) is 0 Å². The number of nitrogens with zero attached hydrogens (tertiary/aromatic N) is 1. The molecule has 4 rings (SSSR count). The van der Waals surface area contributed by atoms with Crippen molar-refractivity contribution in [2.45, 2.75) is 33.2 Å². The van der Waals surface area contributed by atoms with Crippen molar-refractivity contribution in [3.63, 3.8) is 0 Å². The number of benzene rings is 3. The van der Waals surface area contributed by atoms with E-state index in [1.807, 2.05) is 79.7 Å². The van der Waals surface area contributed by atoms with Crippen LogP contribution in [0.2, 0.25) is 0 Å². The third-order valence-corrected chi connectivity index (χ3v) is 6.11. The zero-order valence-electron chi connectivity index (χ0n) is 18.7. The lowest BCUT2D eigenvalue weighted by atomic mass is 10.1. The molecule has 2 amide bonds. The highest BCUT2D eigenvalue weighted by atomic mass is 16.5. The minimum Gasteiger partial charge on any atom is -0.457 e. The maximum atomic E-state index is 12.8. The maximum absolute atomic E-state index is 12.8. The van der Waals surface area contributed by atoms with Crippen LogP contribution >= 0.6 is 0 Å². The largest absolute Gasteiger partial charge is 0.457 e. The average molecular weight is 429 g/mol. The summed E-state index contributed by atoms with van der Waals surface area (Å²) >= 11 is 0. The molecule has 1 fully saturated rings. The fourth-order valence-corrected chi connectivity index (χ4v) is 3.96. The van der Waals surface area contributed by atoms with Crippen LogP contribution in [0, 0.1) is 19.8 Å². The Bertz CT molecular complexity index is 1110. The molecule has 5 nitrogen and oxygen atoms in total. The molecule has 2 atom stereocenters. The van der Waals surface area contributed by atoms with Crippen LogP contribution in [0.25, 0.3) is 0 Å². The lowest BCUT2D eigenvalue weighted by molar-refractivity contribution is -0.129. The first-order chi connectivity index (χ1) is 15.4. The van der Waals surface area contributed by atoms with E-state index >= 15 is 0 Å². The van der Waals surface area contributed by atoms with Crippen molar-refractivity contribution >= 4 is 17.5 Å². The summed E-state index contributed by atoms with van der Waals surface area (Å²) in [7, 11) is 0. The predicted octanol–water partition coefficient (Wildman–Crippen LogP) is 5.64. The van der Waals surface area contributed by atoms with Gasteiger partial charge in [-0.2, -0.15) is 0 Å². The highest BCUT2D eigenvalue weighted by molar-refractivity contribution is 5.97. The SMILES string of the molecule is Cc1ccc(Oc2ccc(NC(=O)[C@@H]3CC(=O)N([C@H](C)c4ccccc4)C3)cc2)cc1C. The van der Waals surface area contributed by atoms with E-state index in [0.717, 1.165) is 11.3 Å². The Kier molecular flexibility index (Phi) is 6.26. The molecule has 5 heteroatoms. The molecule has 1 saturated heterocycles. The average Bonchev–Trinajstić information content (AvgIpc) is 3.19. The van der Waals surface area contributed by atoms with Crippen LogP contribution in [0.3, 0.4) is 0 Å². The van der Waals surface area contributed by atoms with Crippen LogP contribution < -0.4 is 10.1 Å². The summed E-state index contributed by atoms with van der Waals surface area (Å²) in [6.45, 7) is 6.54. The number of carbonyl (C=O) groups is 2. The van der Waals surface area contributed by atoms with E-state index in [9.17, 15) is 9.59 Å². The smallest absolute Gasteiger partial charge is 0.229 e. The first-order valence-corrected chi connectivity index (χ1v) is 10.9. The number of aryl methyl sites for hydroxylation is 2. The Morgan fingerprint density at radius 2 is 1.66 bits per heavy atom. The van der Waals surface area contributed by atoms with Gasteiger partial charge in [0.25, 0.3) is 0 Å². The molecule has 164 valence electrons. The first-order valence-electron chi connectivity index (χ1n) is 10.9. The van der Waals surface area contributed by atoms with E-state index in [1.54, 1.807) is 4.90 Å². The topological polar surface area (TPSA) is 58.6 Å². The van der Waals surface area contributed by atoms with Gasteiger partial charge >= 0.3 is 0 Å². The molecule has 1 heterocycles. The number of anilines is 1. The van der Waals surface area contributed by atoms with Crippen molar-refractivity contribution in [2.24, 2.45) is 5.92 Å². The Labute approximate surface area is 189 Å². The molecule has 0 radical (unpaired) electrons. The molecule has 0 bridgehead atoms. The van der Waals surface area contributed by atoms with E-state index in [0.29, 0.717) is 18.0 Å². The number of ether oxygens (including phenoxy) is 1. The van der Waals surface area contributed by atoms with Crippen molar-refractivity contribution in [1.29, 1.82) is 0 Å². The van der Waals surface area contributed by atoms with Gasteiger partial charge in [0.05, 0.1) is 12.0 Å². The van der Waals surface area contributed by atoms with Crippen molar-refractivity contribution in [3.05, 3.63) is 89.5 Å². The highest BCUT2D eigenvalue weighted by Crippen LogP contribution is 2.30. The van der Waals surface area contributed by atoms with Gasteiger partial charge in [0.2, 0.25) is 11.8 Å². The number of amides is 2. The molecule has 0 spiro atoms. The van der Waals surface area contributed by atoms with E-state index in [2.05, 4.69) is 19.2 Å². The first kappa shape index (κ1) is 21.6. The fraction of sp³-hybridized carbons (Fsp3) is 0.259. The van der Waals surface area contributed by atoms with Gasteiger partial charge in [-0.25, -0.2) is 0 Å². The zero-order valence-corrected chi connectivity index (χ0v) is 18.7. The number of likely N-dealkylation sites (tertiary alicyclic amines) is 1. The summed E-state index contributed by atoms with van der Waals surface area (Å²) in [5.74, 6) is 0.995. The standard InChI is InChI=1S/C27H28N2O3/c1-18-9-12-25(15-19(18)2)32-24-13-10-23(11-14-24)28-27(31)22-16-26(30)29(17-22)20(3)21-7-5-4-6-8-21/h4-15,20,22H,16-17H2,1-3H3,(H,28,31)/t20-,22-/m1/s1. The summed E-state index contributed by atoms with van der Waals surface area (Å²) in [5.41, 5.74) is 4.15. The fourth-order valence-electron chi connectivity index (χ4n) is 3.96. The molecule has 3 aromatic carbocycles. The summed E-state index contributed by atoms with van der Waals surface area (Å²) < 4.78 is 5.91. The van der Waals surface area contributed by atoms with Crippen molar-refractivity contribution in [3.8, 4) is 11.5 Å². The highest BCUT2D eigenvalue weighted by Gasteiger charge is 2.37. The van der Waals surface area contributed by atoms with E-state index < -0.39 is 0 Å². The van der Waals surface area contributed by atoms with Crippen molar-refractivity contribution < 1.29 is 14.3 Å². The van der Waals surface area contributed by atoms with Crippen LogP contribution in [0.5, 0.6) is 11.5 Å². The van der Waals surface area contributed by atoms with E-state index in [-0.39, 0.29) is 30.2 Å².